The van der Waals surface area contributed by atoms with Crippen molar-refractivity contribution in [1.29, 1.82) is 0 Å². The van der Waals surface area contributed by atoms with Crippen molar-refractivity contribution in [2.75, 3.05) is 0 Å². The molecule has 0 saturated carbocycles. The number of rotatable bonds is 3. The van der Waals surface area contributed by atoms with Crippen molar-refractivity contribution >= 4 is 5.97 Å². The molecule has 2 nitrogen and oxygen atoms in total. The summed E-state index contributed by atoms with van der Waals surface area (Å²) < 4.78 is 5.17. The minimum absolute atomic E-state index is 0.168. The van der Waals surface area contributed by atoms with Gasteiger partial charge < -0.3 is 4.74 Å². The minimum atomic E-state index is -0.168. The summed E-state index contributed by atoms with van der Waals surface area (Å²) >= 11 is 0. The van der Waals surface area contributed by atoms with Gasteiger partial charge in [0.2, 0.25) is 0 Å². The van der Waals surface area contributed by atoms with E-state index in [1.165, 1.54) is 0 Å². The number of carbonyl (C=O) groups is 1. The quantitative estimate of drug-likeness (QED) is 0.490. The van der Waals surface area contributed by atoms with Crippen LogP contribution in [0.3, 0.4) is 0 Å². The molecule has 2 heteroatoms. The summed E-state index contributed by atoms with van der Waals surface area (Å²) in [5.41, 5.74) is 1.00. The lowest BCUT2D eigenvalue weighted by Gasteiger charge is -2.06. The molecule has 0 radical (unpaired) electrons. The Bertz CT molecular complexity index is 268. The molecule has 0 atom stereocenters. The molecule has 0 N–H and O–H groups in total. The Kier molecular flexibility index (Phi) is 3.50. The Morgan fingerprint density at radius 2 is 1.85 bits per heavy atom. The van der Waals surface area contributed by atoms with Crippen LogP contribution in [0.2, 0.25) is 0 Å². The molecule has 13 heavy (non-hydrogen) atoms. The SMILES string of the molecule is CCC(=O)OC(CC)=C1C=CC=C1. The molecule has 1 aliphatic rings. The van der Waals surface area contributed by atoms with Gasteiger partial charge in [-0.2, -0.15) is 0 Å². The normalized spacial score (nSPS) is 13.5. The molecule has 0 unspecified atom stereocenters. The molecule has 0 aromatic carbocycles. The molecule has 1 rings (SSSR count). The van der Waals surface area contributed by atoms with Crippen LogP contribution >= 0.6 is 0 Å². The fourth-order valence-electron chi connectivity index (χ4n) is 1.10. The maximum Gasteiger partial charge on any atom is 0.310 e. The van der Waals surface area contributed by atoms with E-state index in [1.54, 1.807) is 6.92 Å². The second-order valence-electron chi connectivity index (χ2n) is 2.78. The van der Waals surface area contributed by atoms with Crippen LogP contribution in [0.4, 0.5) is 0 Å². The molecular formula is C11H14O2. The molecule has 0 aromatic rings. The van der Waals surface area contributed by atoms with Gasteiger partial charge in [-0.15, -0.1) is 0 Å². The smallest absolute Gasteiger partial charge is 0.310 e. The summed E-state index contributed by atoms with van der Waals surface area (Å²) in [5.74, 6) is 0.593. The molecular weight excluding hydrogens is 164 g/mol. The highest BCUT2D eigenvalue weighted by atomic mass is 16.5. The molecule has 0 aliphatic heterocycles. The summed E-state index contributed by atoms with van der Waals surface area (Å²) in [6, 6.07) is 0. The molecule has 70 valence electrons. The number of allylic oxidation sites excluding steroid dienone is 6. The predicted molar refractivity (Wildman–Crippen MR) is 52.0 cm³/mol. The van der Waals surface area contributed by atoms with E-state index in [4.69, 9.17) is 4.74 Å². The van der Waals surface area contributed by atoms with E-state index in [0.29, 0.717) is 6.42 Å². The van der Waals surface area contributed by atoms with E-state index >= 15 is 0 Å². The van der Waals surface area contributed by atoms with E-state index in [1.807, 2.05) is 31.2 Å². The van der Waals surface area contributed by atoms with E-state index in [-0.39, 0.29) is 5.97 Å². The third-order valence-corrected chi connectivity index (χ3v) is 1.83. The van der Waals surface area contributed by atoms with E-state index in [0.717, 1.165) is 17.8 Å². The van der Waals surface area contributed by atoms with Crippen molar-refractivity contribution in [2.45, 2.75) is 26.7 Å². The Labute approximate surface area is 78.6 Å². The van der Waals surface area contributed by atoms with Gasteiger partial charge in [-0.05, 0) is 0 Å². The van der Waals surface area contributed by atoms with Gasteiger partial charge in [0.25, 0.3) is 0 Å². The first-order valence-electron chi connectivity index (χ1n) is 4.56. The first-order chi connectivity index (χ1) is 6.27. The second-order valence-corrected chi connectivity index (χ2v) is 2.78. The highest BCUT2D eigenvalue weighted by molar-refractivity contribution is 5.70. The van der Waals surface area contributed by atoms with Gasteiger partial charge in [0, 0.05) is 18.4 Å². The van der Waals surface area contributed by atoms with E-state index in [2.05, 4.69) is 0 Å². The first-order valence-corrected chi connectivity index (χ1v) is 4.56. The monoisotopic (exact) mass is 178 g/mol. The fourth-order valence-corrected chi connectivity index (χ4v) is 1.10. The third-order valence-electron chi connectivity index (χ3n) is 1.83. The number of hydrogen-bond donors (Lipinski definition) is 0. The average molecular weight is 178 g/mol. The van der Waals surface area contributed by atoms with Crippen molar-refractivity contribution in [3.8, 4) is 0 Å². The Hall–Kier alpha value is -1.31. The highest BCUT2D eigenvalue weighted by Gasteiger charge is 2.07. The van der Waals surface area contributed by atoms with Crippen molar-refractivity contribution in [3.63, 3.8) is 0 Å². The summed E-state index contributed by atoms with van der Waals surface area (Å²) in [6.07, 6.45) is 8.93. The van der Waals surface area contributed by atoms with E-state index < -0.39 is 0 Å². The Balaban J connectivity index is 2.73. The number of carbonyl (C=O) groups excluding carboxylic acids is 1. The van der Waals surface area contributed by atoms with Crippen LogP contribution in [0.5, 0.6) is 0 Å². The van der Waals surface area contributed by atoms with Gasteiger partial charge >= 0.3 is 5.97 Å². The van der Waals surface area contributed by atoms with Gasteiger partial charge in [-0.25, -0.2) is 0 Å². The number of hydrogen-bond acceptors (Lipinski definition) is 2. The largest absolute Gasteiger partial charge is 0.430 e. The van der Waals surface area contributed by atoms with Crippen molar-refractivity contribution in [3.05, 3.63) is 35.6 Å². The van der Waals surface area contributed by atoms with Crippen LogP contribution in [0, 0.1) is 0 Å². The molecule has 0 spiro atoms. The topological polar surface area (TPSA) is 26.3 Å². The Morgan fingerprint density at radius 1 is 1.23 bits per heavy atom. The lowest BCUT2D eigenvalue weighted by atomic mass is 10.2. The molecule has 0 fully saturated rings. The van der Waals surface area contributed by atoms with Crippen molar-refractivity contribution < 1.29 is 9.53 Å². The minimum Gasteiger partial charge on any atom is -0.430 e. The van der Waals surface area contributed by atoms with Gasteiger partial charge in [0.1, 0.15) is 5.76 Å². The van der Waals surface area contributed by atoms with Crippen LogP contribution in [-0.4, -0.2) is 5.97 Å². The lowest BCUT2D eigenvalue weighted by Crippen LogP contribution is -2.03. The molecule has 0 bridgehead atoms. The first kappa shape index (κ1) is 9.78. The zero-order valence-corrected chi connectivity index (χ0v) is 8.04. The van der Waals surface area contributed by atoms with E-state index in [9.17, 15) is 4.79 Å². The Morgan fingerprint density at radius 3 is 2.31 bits per heavy atom. The summed E-state index contributed by atoms with van der Waals surface area (Å²) in [6.45, 7) is 3.77. The standard InChI is InChI=1S/C11H14O2/c1-3-10(13-11(12)4-2)9-7-5-6-8-9/h5-8H,3-4H2,1-2H3. The molecule has 1 aliphatic carbocycles. The zero-order valence-electron chi connectivity index (χ0n) is 8.04. The summed E-state index contributed by atoms with van der Waals surface area (Å²) in [4.78, 5) is 11.0. The van der Waals surface area contributed by atoms with Crippen molar-refractivity contribution in [1.82, 2.24) is 0 Å². The maximum absolute atomic E-state index is 11.0. The van der Waals surface area contributed by atoms with Gasteiger partial charge in [-0.3, -0.25) is 4.79 Å². The van der Waals surface area contributed by atoms with Gasteiger partial charge in [0.05, 0.1) is 0 Å². The number of ether oxygens (including phenoxy) is 1. The number of esters is 1. The third kappa shape index (κ3) is 2.58. The second kappa shape index (κ2) is 4.65. The highest BCUT2D eigenvalue weighted by Crippen LogP contribution is 2.17. The predicted octanol–water partition coefficient (Wildman–Crippen LogP) is 2.73. The summed E-state index contributed by atoms with van der Waals surface area (Å²) in [5, 5.41) is 0. The van der Waals surface area contributed by atoms with Crippen LogP contribution in [0.1, 0.15) is 26.7 Å². The van der Waals surface area contributed by atoms with Crippen LogP contribution in [0.15, 0.2) is 35.6 Å². The molecule has 0 saturated heterocycles. The molecule has 0 aromatic heterocycles. The van der Waals surface area contributed by atoms with Gasteiger partial charge in [-0.1, -0.05) is 38.2 Å². The summed E-state index contributed by atoms with van der Waals surface area (Å²) in [7, 11) is 0. The molecule has 0 amide bonds. The maximum atomic E-state index is 11.0. The van der Waals surface area contributed by atoms with Crippen LogP contribution < -0.4 is 0 Å². The van der Waals surface area contributed by atoms with Gasteiger partial charge in [0.15, 0.2) is 0 Å². The lowest BCUT2D eigenvalue weighted by molar-refractivity contribution is -0.139. The molecule has 0 heterocycles. The zero-order chi connectivity index (χ0) is 9.68. The van der Waals surface area contributed by atoms with Crippen LogP contribution in [-0.2, 0) is 9.53 Å². The average Bonchev–Trinajstić information content (AvgIpc) is 2.66. The van der Waals surface area contributed by atoms with Crippen molar-refractivity contribution in [2.24, 2.45) is 0 Å². The van der Waals surface area contributed by atoms with Crippen LogP contribution in [0.25, 0.3) is 0 Å². The fraction of sp³-hybridized carbons (Fsp3) is 0.364.